The summed E-state index contributed by atoms with van der Waals surface area (Å²) in [5.74, 6) is 1.79. The molecule has 2 N–H and O–H groups in total. The number of aryl methyl sites for hydroxylation is 1. The van der Waals surface area contributed by atoms with E-state index in [0.717, 1.165) is 40.1 Å². The van der Waals surface area contributed by atoms with Crippen LogP contribution in [0.3, 0.4) is 0 Å². The monoisotopic (exact) mass is 485 g/mol. The molecule has 2 aromatic carbocycles. The number of phenols is 2. The van der Waals surface area contributed by atoms with Gasteiger partial charge >= 0.3 is 0 Å². The third-order valence-electron chi connectivity index (χ3n) is 6.40. The van der Waals surface area contributed by atoms with Crippen molar-refractivity contribution in [1.82, 2.24) is 4.90 Å². The predicted molar refractivity (Wildman–Crippen MR) is 150 cm³/mol. The Balaban J connectivity index is 2.54. The molecule has 0 spiro atoms. The molecule has 0 aliphatic carbocycles. The number of aromatic hydroxyl groups is 2. The Hall–Kier alpha value is -1.65. The quantitative estimate of drug-likeness (QED) is 0.422. The molecule has 0 bridgehead atoms. The Morgan fingerprint density at radius 1 is 0.706 bits per heavy atom. The van der Waals surface area contributed by atoms with Crippen LogP contribution in [0.4, 0.5) is 0 Å². The van der Waals surface area contributed by atoms with Gasteiger partial charge in [-0.05, 0) is 46.1 Å². The molecule has 0 saturated carbocycles. The molecule has 0 amide bonds. The maximum absolute atomic E-state index is 11.3. The van der Waals surface area contributed by atoms with Gasteiger partial charge in [-0.25, -0.2) is 0 Å². The first-order valence-electron chi connectivity index (χ1n) is 12.4. The fourth-order valence-corrected chi connectivity index (χ4v) is 4.72. The number of hydrogen-bond acceptors (Lipinski definition) is 4. The summed E-state index contributed by atoms with van der Waals surface area (Å²) < 4.78 is 0. The predicted octanol–water partition coefficient (Wildman–Crippen LogP) is 7.66. The Morgan fingerprint density at radius 2 is 1.18 bits per heavy atom. The molecule has 2 aromatic rings. The molecule has 0 heterocycles. The van der Waals surface area contributed by atoms with Crippen LogP contribution in [0.1, 0.15) is 95.7 Å². The van der Waals surface area contributed by atoms with Crippen molar-refractivity contribution in [3.63, 3.8) is 0 Å². The van der Waals surface area contributed by atoms with Crippen LogP contribution in [0.5, 0.6) is 11.5 Å². The lowest BCUT2D eigenvalue weighted by atomic mass is 9.79. The SMILES string of the molecule is CSCCN(Cc1cc(C)cc(C(C)(C)C)c1O)Cc1cc(C(C)(C)C)cc(C(C)(C)C)c1O. The van der Waals surface area contributed by atoms with Gasteiger partial charge in [-0.2, -0.15) is 11.8 Å². The summed E-state index contributed by atoms with van der Waals surface area (Å²) in [7, 11) is 0. The molecule has 0 aliphatic heterocycles. The van der Waals surface area contributed by atoms with E-state index in [1.165, 1.54) is 5.56 Å². The van der Waals surface area contributed by atoms with Crippen LogP contribution in [-0.2, 0) is 29.3 Å². The molecule has 0 aromatic heterocycles. The van der Waals surface area contributed by atoms with Crippen LogP contribution in [0.2, 0.25) is 0 Å². The van der Waals surface area contributed by atoms with Crippen LogP contribution in [-0.4, -0.2) is 33.7 Å². The summed E-state index contributed by atoms with van der Waals surface area (Å²) in [6, 6.07) is 8.54. The van der Waals surface area contributed by atoms with Gasteiger partial charge in [-0.3, -0.25) is 4.90 Å². The van der Waals surface area contributed by atoms with Crippen molar-refractivity contribution in [3.05, 3.63) is 57.6 Å². The average Bonchev–Trinajstić information content (AvgIpc) is 2.67. The number of phenolic OH excluding ortho intramolecular Hbond substituents is 2. The number of rotatable bonds is 7. The topological polar surface area (TPSA) is 43.7 Å². The highest BCUT2D eigenvalue weighted by atomic mass is 32.2. The average molecular weight is 486 g/mol. The zero-order valence-corrected chi connectivity index (χ0v) is 24.2. The first kappa shape index (κ1) is 28.6. The molecule has 0 radical (unpaired) electrons. The normalized spacial score (nSPS) is 13.1. The van der Waals surface area contributed by atoms with Crippen molar-refractivity contribution >= 4 is 11.8 Å². The zero-order chi connectivity index (χ0) is 26.1. The van der Waals surface area contributed by atoms with Gasteiger partial charge in [-0.1, -0.05) is 92.1 Å². The van der Waals surface area contributed by atoms with E-state index >= 15 is 0 Å². The van der Waals surface area contributed by atoms with Crippen molar-refractivity contribution in [2.24, 2.45) is 0 Å². The van der Waals surface area contributed by atoms with E-state index in [0.29, 0.717) is 24.6 Å². The molecular weight excluding hydrogens is 438 g/mol. The van der Waals surface area contributed by atoms with Gasteiger partial charge in [0.2, 0.25) is 0 Å². The van der Waals surface area contributed by atoms with Crippen LogP contribution in [0.15, 0.2) is 24.3 Å². The number of nitrogens with zero attached hydrogens (tertiary/aromatic N) is 1. The summed E-state index contributed by atoms with van der Waals surface area (Å²) in [6.45, 7) is 23.8. The molecule has 0 atom stereocenters. The molecule has 3 nitrogen and oxygen atoms in total. The maximum atomic E-state index is 11.3. The lowest BCUT2D eigenvalue weighted by Gasteiger charge is -2.30. The van der Waals surface area contributed by atoms with Gasteiger partial charge in [0.1, 0.15) is 11.5 Å². The number of hydrogen-bond donors (Lipinski definition) is 2. The minimum atomic E-state index is -0.152. The molecule has 0 unspecified atom stereocenters. The summed E-state index contributed by atoms with van der Waals surface area (Å²) >= 11 is 1.82. The highest BCUT2D eigenvalue weighted by molar-refractivity contribution is 7.98. The lowest BCUT2D eigenvalue weighted by Crippen LogP contribution is -2.27. The summed E-state index contributed by atoms with van der Waals surface area (Å²) in [5, 5.41) is 22.5. The summed E-state index contributed by atoms with van der Waals surface area (Å²) in [5.41, 5.74) is 6.00. The Labute approximate surface area is 213 Å². The van der Waals surface area contributed by atoms with Crippen LogP contribution in [0, 0.1) is 6.92 Å². The van der Waals surface area contributed by atoms with Gasteiger partial charge in [0.05, 0.1) is 0 Å². The number of thioether (sulfide) groups is 1. The molecule has 34 heavy (non-hydrogen) atoms. The highest BCUT2D eigenvalue weighted by Crippen LogP contribution is 2.39. The van der Waals surface area contributed by atoms with E-state index in [1.54, 1.807) is 0 Å². The van der Waals surface area contributed by atoms with Gasteiger partial charge in [-0.15, -0.1) is 0 Å². The lowest BCUT2D eigenvalue weighted by molar-refractivity contribution is 0.264. The van der Waals surface area contributed by atoms with Crippen molar-refractivity contribution in [1.29, 1.82) is 0 Å². The second kappa shape index (κ2) is 10.5. The molecule has 190 valence electrons. The molecule has 0 saturated heterocycles. The van der Waals surface area contributed by atoms with Gasteiger partial charge in [0.15, 0.2) is 0 Å². The molecule has 0 fully saturated rings. The van der Waals surface area contributed by atoms with Gasteiger partial charge in [0, 0.05) is 36.5 Å². The zero-order valence-electron chi connectivity index (χ0n) is 23.4. The third kappa shape index (κ3) is 7.18. The van der Waals surface area contributed by atoms with Crippen LogP contribution < -0.4 is 0 Å². The van der Waals surface area contributed by atoms with Crippen molar-refractivity contribution in [2.45, 2.75) is 98.6 Å². The largest absolute Gasteiger partial charge is 0.507 e. The van der Waals surface area contributed by atoms with Crippen molar-refractivity contribution in [2.75, 3.05) is 18.6 Å². The maximum Gasteiger partial charge on any atom is 0.123 e. The fraction of sp³-hybridized carbons (Fsp3) is 0.600. The fourth-order valence-electron chi connectivity index (χ4n) is 4.28. The molecular formula is C30H47NO2S. The Kier molecular flexibility index (Phi) is 8.86. The van der Waals surface area contributed by atoms with Gasteiger partial charge < -0.3 is 10.2 Å². The third-order valence-corrected chi connectivity index (χ3v) is 6.99. The van der Waals surface area contributed by atoms with E-state index in [1.807, 2.05) is 11.8 Å². The van der Waals surface area contributed by atoms with Crippen LogP contribution in [0.25, 0.3) is 0 Å². The first-order chi connectivity index (χ1) is 15.4. The second-order valence-corrected chi connectivity index (χ2v) is 13.8. The van der Waals surface area contributed by atoms with E-state index < -0.39 is 0 Å². The Bertz CT molecular complexity index is 991. The van der Waals surface area contributed by atoms with Gasteiger partial charge in [0.25, 0.3) is 0 Å². The smallest absolute Gasteiger partial charge is 0.123 e. The molecule has 0 aliphatic rings. The minimum Gasteiger partial charge on any atom is -0.507 e. The first-order valence-corrected chi connectivity index (χ1v) is 13.8. The van der Waals surface area contributed by atoms with E-state index in [9.17, 15) is 10.2 Å². The highest BCUT2D eigenvalue weighted by Gasteiger charge is 2.26. The van der Waals surface area contributed by atoms with Crippen molar-refractivity contribution < 1.29 is 10.2 Å². The van der Waals surface area contributed by atoms with E-state index in [4.69, 9.17) is 0 Å². The van der Waals surface area contributed by atoms with E-state index in [-0.39, 0.29) is 16.2 Å². The van der Waals surface area contributed by atoms with Crippen molar-refractivity contribution in [3.8, 4) is 11.5 Å². The second-order valence-electron chi connectivity index (χ2n) is 12.8. The molecule has 2 rings (SSSR count). The van der Waals surface area contributed by atoms with Crippen LogP contribution >= 0.6 is 11.8 Å². The van der Waals surface area contributed by atoms with E-state index in [2.05, 4.69) is 105 Å². The minimum absolute atomic E-state index is 0.0109. The number of benzene rings is 2. The standard InChI is InChI=1S/C30H47NO2S/c1-20-14-21(26(32)24(15-20)29(5,6)7)18-31(12-13-34-11)19-22-16-23(28(2,3)4)17-25(27(22)33)30(8,9)10/h14-17,32-33H,12-13,18-19H2,1-11H3. The Morgan fingerprint density at radius 3 is 1.62 bits per heavy atom. The summed E-state index contributed by atoms with van der Waals surface area (Å²) in [6.07, 6.45) is 2.12. The summed E-state index contributed by atoms with van der Waals surface area (Å²) in [4.78, 5) is 2.35. The molecule has 4 heteroatoms.